The van der Waals surface area contributed by atoms with Crippen molar-refractivity contribution in [1.29, 1.82) is 0 Å². The van der Waals surface area contributed by atoms with E-state index in [0.717, 1.165) is 31.7 Å². The fraction of sp³-hybridized carbons (Fsp3) is 0.609. The van der Waals surface area contributed by atoms with Crippen molar-refractivity contribution >= 4 is 17.6 Å². The summed E-state index contributed by atoms with van der Waals surface area (Å²) in [5.41, 5.74) is 0.147. The summed E-state index contributed by atoms with van der Waals surface area (Å²) in [5, 5.41) is 15.1. The molecular weight excluding hydrogens is 403 g/mol. The van der Waals surface area contributed by atoms with E-state index in [9.17, 15) is 23.9 Å². The monoisotopic (exact) mass is 434 g/mol. The largest absolute Gasteiger partial charge is 0.505 e. The van der Waals surface area contributed by atoms with Crippen molar-refractivity contribution in [3.05, 3.63) is 29.1 Å². The van der Waals surface area contributed by atoms with E-state index in [2.05, 4.69) is 17.6 Å². The number of rotatable bonds is 7. The van der Waals surface area contributed by atoms with Gasteiger partial charge in [-0.15, -0.1) is 0 Å². The Balaban J connectivity index is 1.79. The maximum absolute atomic E-state index is 13.9. The number of carbonyl (C=O) groups is 3. The molecule has 1 aliphatic heterocycles. The topological polar surface area (TPSA) is 105 Å². The van der Waals surface area contributed by atoms with Gasteiger partial charge in [-0.05, 0) is 55.7 Å². The quantitative estimate of drug-likeness (QED) is 0.612. The van der Waals surface area contributed by atoms with Gasteiger partial charge in [0.2, 0.25) is 5.91 Å². The lowest BCUT2D eigenvalue weighted by atomic mass is 9.81. The van der Waals surface area contributed by atoms with Gasteiger partial charge in [0.15, 0.2) is 17.3 Å². The minimum Gasteiger partial charge on any atom is -0.505 e. The van der Waals surface area contributed by atoms with Crippen LogP contribution >= 0.6 is 0 Å². The molecule has 0 aromatic heterocycles. The van der Waals surface area contributed by atoms with Gasteiger partial charge < -0.3 is 20.5 Å². The Bertz CT molecular complexity index is 843. The fourth-order valence-electron chi connectivity index (χ4n) is 4.61. The van der Waals surface area contributed by atoms with E-state index in [1.165, 1.54) is 13.0 Å². The molecule has 8 heteroatoms. The number of hydrogen-bond acceptors (Lipinski definition) is 5. The summed E-state index contributed by atoms with van der Waals surface area (Å²) in [6, 6.07) is 0.715. The molecule has 2 aliphatic rings. The summed E-state index contributed by atoms with van der Waals surface area (Å²) >= 11 is 0. The maximum atomic E-state index is 13.9. The van der Waals surface area contributed by atoms with Gasteiger partial charge in [0, 0.05) is 5.56 Å². The van der Waals surface area contributed by atoms with E-state index < -0.39 is 35.5 Å². The summed E-state index contributed by atoms with van der Waals surface area (Å²) in [7, 11) is 0. The lowest BCUT2D eigenvalue weighted by molar-refractivity contribution is -0.128. The number of nitrogens with one attached hydrogen (secondary N) is 2. The minimum atomic E-state index is -0.895. The normalized spacial score (nSPS) is 23.5. The summed E-state index contributed by atoms with van der Waals surface area (Å²) in [6.45, 7) is 5.43. The van der Waals surface area contributed by atoms with Crippen molar-refractivity contribution in [1.82, 2.24) is 10.6 Å². The first-order valence-electron chi connectivity index (χ1n) is 10.9. The van der Waals surface area contributed by atoms with Crippen LogP contribution in [0.5, 0.6) is 5.75 Å². The van der Waals surface area contributed by atoms with E-state index in [-0.39, 0.29) is 35.0 Å². The lowest BCUT2D eigenvalue weighted by Crippen LogP contribution is -2.54. The summed E-state index contributed by atoms with van der Waals surface area (Å²) in [4.78, 5) is 38.2. The Hall–Kier alpha value is -2.48. The molecule has 170 valence electrons. The molecule has 1 aliphatic carbocycles. The molecular formula is C23H31FN2O5. The molecule has 0 radical (unpaired) electrons. The Morgan fingerprint density at radius 2 is 2.00 bits per heavy atom. The van der Waals surface area contributed by atoms with Crippen molar-refractivity contribution in [3.8, 4) is 5.75 Å². The van der Waals surface area contributed by atoms with E-state index in [1.807, 2.05) is 6.92 Å². The number of ether oxygens (including phenoxy) is 1. The molecule has 3 rings (SSSR count). The number of hydrogen-bond donors (Lipinski definition) is 3. The number of aryl methyl sites for hydroxylation is 1. The molecule has 2 fully saturated rings. The molecule has 3 atom stereocenters. The number of ketones is 1. The maximum Gasteiger partial charge on any atom is 0.252 e. The highest BCUT2D eigenvalue weighted by Crippen LogP contribution is 2.41. The number of halogens is 1. The summed E-state index contributed by atoms with van der Waals surface area (Å²) in [5.74, 6) is -2.64. The third-order valence-corrected chi connectivity index (χ3v) is 6.50. The first-order valence-corrected chi connectivity index (χ1v) is 10.9. The first kappa shape index (κ1) is 23.2. The Kier molecular flexibility index (Phi) is 6.99. The SMILES string of the molecule is CC[C@@H]1OCC(=O)[C@H]1NC(=O)[C@H](CC1(C)CCCC1)NC(=O)c1cc(C)c(O)c(F)c1. The van der Waals surface area contributed by atoms with E-state index in [0.29, 0.717) is 12.8 Å². The molecule has 1 saturated heterocycles. The van der Waals surface area contributed by atoms with Crippen LogP contribution in [0.3, 0.4) is 0 Å². The second kappa shape index (κ2) is 9.34. The van der Waals surface area contributed by atoms with E-state index >= 15 is 0 Å². The number of phenolic OH excluding ortho intramolecular Hbond substituents is 1. The standard InChI is InChI=1S/C23H31FN2O5/c1-4-18-19(17(27)12-31-18)26-22(30)16(11-23(3)7-5-6-8-23)25-21(29)14-9-13(2)20(28)15(24)10-14/h9-10,16,18-19,28H,4-8,11-12H2,1-3H3,(H,25,29)(H,26,30)/t16-,18-,19+/m0/s1. The van der Waals surface area contributed by atoms with Crippen LogP contribution in [0.2, 0.25) is 0 Å². The van der Waals surface area contributed by atoms with Crippen molar-refractivity contribution in [3.63, 3.8) is 0 Å². The number of benzene rings is 1. The predicted octanol–water partition coefficient (Wildman–Crippen LogP) is 2.77. The number of amides is 2. The minimum absolute atomic E-state index is 0.0221. The summed E-state index contributed by atoms with van der Waals surface area (Å²) < 4.78 is 19.4. The van der Waals surface area contributed by atoms with Gasteiger partial charge in [0.1, 0.15) is 18.7 Å². The van der Waals surface area contributed by atoms with Crippen LogP contribution in [-0.4, -0.2) is 47.5 Å². The number of phenols is 1. The Morgan fingerprint density at radius 1 is 1.32 bits per heavy atom. The van der Waals surface area contributed by atoms with Crippen LogP contribution in [0.25, 0.3) is 0 Å². The van der Waals surface area contributed by atoms with E-state index in [1.54, 1.807) is 0 Å². The highest BCUT2D eigenvalue weighted by atomic mass is 19.1. The van der Waals surface area contributed by atoms with Crippen LogP contribution in [0.15, 0.2) is 12.1 Å². The van der Waals surface area contributed by atoms with Crippen LogP contribution in [0.1, 0.15) is 68.3 Å². The second-order valence-electron chi connectivity index (χ2n) is 9.08. The van der Waals surface area contributed by atoms with Crippen LogP contribution in [-0.2, 0) is 14.3 Å². The van der Waals surface area contributed by atoms with Gasteiger partial charge in [-0.1, -0.05) is 26.7 Å². The van der Waals surface area contributed by atoms with Crippen LogP contribution < -0.4 is 10.6 Å². The van der Waals surface area contributed by atoms with Gasteiger partial charge in [0.05, 0.1) is 6.10 Å². The average Bonchev–Trinajstić information content (AvgIpc) is 3.30. The van der Waals surface area contributed by atoms with E-state index in [4.69, 9.17) is 4.74 Å². The number of aromatic hydroxyl groups is 1. The second-order valence-corrected chi connectivity index (χ2v) is 9.08. The smallest absolute Gasteiger partial charge is 0.252 e. The zero-order chi connectivity index (χ0) is 22.8. The molecule has 0 unspecified atom stereocenters. The average molecular weight is 435 g/mol. The number of carbonyl (C=O) groups excluding carboxylic acids is 3. The highest BCUT2D eigenvalue weighted by Gasteiger charge is 2.40. The molecule has 0 bridgehead atoms. The van der Waals surface area contributed by atoms with Crippen molar-refractivity contribution in [2.45, 2.75) is 77.5 Å². The van der Waals surface area contributed by atoms with Gasteiger partial charge >= 0.3 is 0 Å². The molecule has 2 amide bonds. The highest BCUT2D eigenvalue weighted by molar-refractivity contribution is 5.99. The Labute approximate surface area is 181 Å². The molecule has 31 heavy (non-hydrogen) atoms. The van der Waals surface area contributed by atoms with Crippen molar-refractivity contribution in [2.75, 3.05) is 6.61 Å². The van der Waals surface area contributed by atoms with Gasteiger partial charge in [-0.25, -0.2) is 4.39 Å². The molecule has 1 aromatic rings. The lowest BCUT2D eigenvalue weighted by Gasteiger charge is -2.30. The zero-order valence-electron chi connectivity index (χ0n) is 18.3. The van der Waals surface area contributed by atoms with Gasteiger partial charge in [0.25, 0.3) is 5.91 Å². The Morgan fingerprint density at radius 3 is 2.61 bits per heavy atom. The first-order chi connectivity index (χ1) is 14.6. The zero-order valence-corrected chi connectivity index (χ0v) is 18.3. The van der Waals surface area contributed by atoms with Crippen LogP contribution in [0, 0.1) is 18.2 Å². The molecule has 1 saturated carbocycles. The third-order valence-electron chi connectivity index (χ3n) is 6.50. The number of Topliss-reactive ketones (excluding diaryl/α,β-unsaturated/α-hetero) is 1. The molecule has 0 spiro atoms. The van der Waals surface area contributed by atoms with Crippen molar-refractivity contribution in [2.24, 2.45) is 5.41 Å². The molecule has 3 N–H and O–H groups in total. The summed E-state index contributed by atoms with van der Waals surface area (Å²) in [6.07, 6.45) is 4.64. The molecule has 7 nitrogen and oxygen atoms in total. The molecule has 1 heterocycles. The van der Waals surface area contributed by atoms with Crippen molar-refractivity contribution < 1.29 is 28.6 Å². The van der Waals surface area contributed by atoms with Gasteiger partial charge in [-0.2, -0.15) is 0 Å². The third kappa shape index (κ3) is 5.23. The fourth-order valence-corrected chi connectivity index (χ4v) is 4.61. The molecule has 1 aromatic carbocycles. The predicted molar refractivity (Wildman–Crippen MR) is 112 cm³/mol. The van der Waals surface area contributed by atoms with Gasteiger partial charge in [-0.3, -0.25) is 14.4 Å². The van der Waals surface area contributed by atoms with Crippen LogP contribution in [0.4, 0.5) is 4.39 Å².